The molecule has 0 aliphatic carbocycles. The van der Waals surface area contributed by atoms with Gasteiger partial charge in [0, 0.05) is 19.2 Å². The summed E-state index contributed by atoms with van der Waals surface area (Å²) in [5.74, 6) is 5.41. The second-order valence-corrected chi connectivity index (χ2v) is 4.77. The molecule has 0 fully saturated rings. The van der Waals surface area contributed by atoms with E-state index in [0.29, 0.717) is 24.2 Å². The molecule has 0 radical (unpaired) electrons. The number of aromatic nitrogens is 1. The maximum atomic E-state index is 12.1. The van der Waals surface area contributed by atoms with Crippen molar-refractivity contribution in [1.29, 1.82) is 0 Å². The van der Waals surface area contributed by atoms with Gasteiger partial charge in [0.25, 0.3) is 5.91 Å². The summed E-state index contributed by atoms with van der Waals surface area (Å²) in [4.78, 5) is 16.2. The van der Waals surface area contributed by atoms with Gasteiger partial charge in [-0.2, -0.15) is 11.3 Å². The van der Waals surface area contributed by atoms with Crippen LogP contribution in [0.25, 0.3) is 0 Å². The van der Waals surface area contributed by atoms with E-state index in [2.05, 4.69) is 22.1 Å². The van der Waals surface area contributed by atoms with Crippen LogP contribution in [0.4, 0.5) is 0 Å². The number of carbonyl (C=O) groups is 1. The Labute approximate surface area is 121 Å². The topological polar surface area (TPSA) is 62.2 Å². The van der Waals surface area contributed by atoms with E-state index in [9.17, 15) is 4.79 Å². The molecule has 0 unspecified atom stereocenters. The van der Waals surface area contributed by atoms with Crippen molar-refractivity contribution < 1.29 is 9.90 Å². The molecule has 102 valence electrons. The van der Waals surface area contributed by atoms with Gasteiger partial charge < -0.3 is 10.4 Å². The Hall–Kier alpha value is -2.16. The van der Waals surface area contributed by atoms with Gasteiger partial charge in [-0.3, -0.25) is 4.79 Å². The maximum absolute atomic E-state index is 12.1. The highest BCUT2D eigenvalue weighted by Crippen LogP contribution is 2.07. The van der Waals surface area contributed by atoms with E-state index < -0.39 is 0 Å². The quantitative estimate of drug-likeness (QED) is 0.843. The summed E-state index contributed by atoms with van der Waals surface area (Å²) >= 11 is 1.59. The predicted octanol–water partition coefficient (Wildman–Crippen LogP) is 1.81. The van der Waals surface area contributed by atoms with E-state index >= 15 is 0 Å². The minimum atomic E-state index is -0.245. The number of aliphatic hydroxyl groups excluding tert-OH is 1. The molecule has 0 saturated heterocycles. The van der Waals surface area contributed by atoms with Gasteiger partial charge >= 0.3 is 0 Å². The van der Waals surface area contributed by atoms with Gasteiger partial charge in [-0.15, -0.1) is 0 Å². The van der Waals surface area contributed by atoms with Crippen LogP contribution in [0.3, 0.4) is 0 Å². The predicted molar refractivity (Wildman–Crippen MR) is 78.3 cm³/mol. The number of carbonyl (C=O) groups excluding carboxylic acids is 1. The van der Waals surface area contributed by atoms with Gasteiger partial charge in [0.1, 0.15) is 5.69 Å². The fraction of sp³-hybridized carbons (Fsp3) is 0.200. The van der Waals surface area contributed by atoms with Crippen LogP contribution in [-0.2, 0) is 6.54 Å². The third-order valence-electron chi connectivity index (χ3n) is 2.52. The summed E-state index contributed by atoms with van der Waals surface area (Å²) in [6, 6.07) is 5.45. The molecule has 0 atom stereocenters. The van der Waals surface area contributed by atoms with Crippen LogP contribution < -0.4 is 5.32 Å². The molecule has 20 heavy (non-hydrogen) atoms. The fourth-order valence-corrected chi connectivity index (χ4v) is 2.23. The Balaban J connectivity index is 2.07. The van der Waals surface area contributed by atoms with Gasteiger partial charge in [-0.05, 0) is 34.5 Å². The van der Waals surface area contributed by atoms with E-state index in [4.69, 9.17) is 5.11 Å². The zero-order valence-electron chi connectivity index (χ0n) is 10.8. The largest absolute Gasteiger partial charge is 0.395 e. The van der Waals surface area contributed by atoms with Crippen molar-refractivity contribution in [1.82, 2.24) is 10.3 Å². The van der Waals surface area contributed by atoms with Crippen LogP contribution in [0.15, 0.2) is 35.2 Å². The monoisotopic (exact) mass is 286 g/mol. The molecule has 0 spiro atoms. The molecule has 1 amide bonds. The molecule has 0 aromatic carbocycles. The molecule has 0 aliphatic heterocycles. The van der Waals surface area contributed by atoms with Gasteiger partial charge in [0.15, 0.2) is 0 Å². The zero-order chi connectivity index (χ0) is 14.2. The first-order valence-corrected chi connectivity index (χ1v) is 7.09. The maximum Gasteiger partial charge on any atom is 0.271 e. The number of rotatable bonds is 4. The van der Waals surface area contributed by atoms with Crippen LogP contribution >= 0.6 is 11.3 Å². The van der Waals surface area contributed by atoms with Gasteiger partial charge in [-0.25, -0.2) is 4.98 Å². The van der Waals surface area contributed by atoms with Crippen molar-refractivity contribution in [3.63, 3.8) is 0 Å². The Kier molecular flexibility index (Phi) is 5.30. The summed E-state index contributed by atoms with van der Waals surface area (Å²) in [5.41, 5.74) is 1.95. The Morgan fingerprint density at radius 2 is 2.35 bits per heavy atom. The van der Waals surface area contributed by atoms with Gasteiger partial charge in [-0.1, -0.05) is 11.8 Å². The SMILES string of the molecule is O=C(NCc1ccsc1)c1ncccc1C#CCCO. The van der Waals surface area contributed by atoms with Crippen molar-refractivity contribution in [2.45, 2.75) is 13.0 Å². The minimum Gasteiger partial charge on any atom is -0.395 e. The molecule has 0 aliphatic rings. The number of pyridine rings is 1. The van der Waals surface area contributed by atoms with E-state index in [0.717, 1.165) is 5.56 Å². The second kappa shape index (κ2) is 7.43. The normalized spacial score (nSPS) is 9.65. The lowest BCUT2D eigenvalue weighted by Crippen LogP contribution is -2.24. The summed E-state index contributed by atoms with van der Waals surface area (Å²) in [5, 5.41) is 15.5. The van der Waals surface area contributed by atoms with E-state index in [1.165, 1.54) is 0 Å². The average molecular weight is 286 g/mol. The van der Waals surface area contributed by atoms with Crippen LogP contribution in [0, 0.1) is 11.8 Å². The number of thiophene rings is 1. The van der Waals surface area contributed by atoms with E-state index in [1.54, 1.807) is 29.7 Å². The Morgan fingerprint density at radius 3 is 3.10 bits per heavy atom. The highest BCUT2D eigenvalue weighted by molar-refractivity contribution is 7.07. The molecule has 2 rings (SSSR count). The first-order chi connectivity index (χ1) is 9.81. The highest BCUT2D eigenvalue weighted by atomic mass is 32.1. The number of amides is 1. The van der Waals surface area contributed by atoms with E-state index in [-0.39, 0.29) is 12.5 Å². The average Bonchev–Trinajstić information content (AvgIpc) is 2.99. The zero-order valence-corrected chi connectivity index (χ0v) is 11.6. The summed E-state index contributed by atoms with van der Waals surface area (Å²) in [6.45, 7) is 0.482. The first kappa shape index (κ1) is 14.3. The molecule has 4 nitrogen and oxygen atoms in total. The minimum absolute atomic E-state index is 0.00689. The smallest absolute Gasteiger partial charge is 0.271 e. The lowest BCUT2D eigenvalue weighted by Gasteiger charge is -2.04. The fourth-order valence-electron chi connectivity index (χ4n) is 1.56. The van der Waals surface area contributed by atoms with Crippen LogP contribution in [0.1, 0.15) is 28.0 Å². The standard InChI is InChI=1S/C15H14N2O2S/c18-8-2-1-4-13-5-3-7-16-14(13)15(19)17-10-12-6-9-20-11-12/h3,5-7,9,11,18H,2,8,10H2,(H,17,19). The lowest BCUT2D eigenvalue weighted by molar-refractivity contribution is 0.0945. The molecule has 2 aromatic heterocycles. The van der Waals surface area contributed by atoms with Crippen LogP contribution in [-0.4, -0.2) is 22.6 Å². The molecule has 2 N–H and O–H groups in total. The second-order valence-electron chi connectivity index (χ2n) is 3.99. The van der Waals surface area contributed by atoms with Crippen LogP contribution in [0.2, 0.25) is 0 Å². The summed E-state index contributed by atoms with van der Waals surface area (Å²) in [7, 11) is 0. The summed E-state index contributed by atoms with van der Waals surface area (Å²) < 4.78 is 0. The third-order valence-corrected chi connectivity index (χ3v) is 3.25. The van der Waals surface area contributed by atoms with Crippen molar-refractivity contribution >= 4 is 17.2 Å². The molecule has 0 bridgehead atoms. The first-order valence-electron chi connectivity index (χ1n) is 6.15. The molecule has 5 heteroatoms. The Bertz CT molecular complexity index is 627. The molecular formula is C15H14N2O2S. The lowest BCUT2D eigenvalue weighted by atomic mass is 10.2. The molecule has 2 aromatic rings. The van der Waals surface area contributed by atoms with Crippen molar-refractivity contribution in [2.75, 3.05) is 6.61 Å². The van der Waals surface area contributed by atoms with Crippen molar-refractivity contribution in [3.05, 3.63) is 52.0 Å². The van der Waals surface area contributed by atoms with E-state index in [1.807, 2.05) is 16.8 Å². The van der Waals surface area contributed by atoms with Crippen molar-refractivity contribution in [3.8, 4) is 11.8 Å². The third kappa shape index (κ3) is 3.92. The molecule has 2 heterocycles. The van der Waals surface area contributed by atoms with Gasteiger partial charge in [0.2, 0.25) is 0 Å². The molecular weight excluding hydrogens is 272 g/mol. The number of nitrogens with zero attached hydrogens (tertiary/aromatic N) is 1. The van der Waals surface area contributed by atoms with Crippen molar-refractivity contribution in [2.24, 2.45) is 0 Å². The number of aliphatic hydroxyl groups is 1. The van der Waals surface area contributed by atoms with Crippen LogP contribution in [0.5, 0.6) is 0 Å². The highest BCUT2D eigenvalue weighted by Gasteiger charge is 2.11. The number of hydrogen-bond acceptors (Lipinski definition) is 4. The number of hydrogen-bond donors (Lipinski definition) is 2. The van der Waals surface area contributed by atoms with Gasteiger partial charge in [0.05, 0.1) is 12.2 Å². The molecule has 0 saturated carbocycles. The number of nitrogens with one attached hydrogen (secondary N) is 1. The Morgan fingerprint density at radius 1 is 1.45 bits per heavy atom. The summed E-state index contributed by atoms with van der Waals surface area (Å²) in [6.07, 6.45) is 1.95.